The second-order valence-corrected chi connectivity index (χ2v) is 12.2. The van der Waals surface area contributed by atoms with Crippen LogP contribution in [0, 0.1) is 5.92 Å². The largest absolute Gasteiger partial charge is 0.484 e. The summed E-state index contributed by atoms with van der Waals surface area (Å²) in [6, 6.07) is 20.3. The lowest BCUT2D eigenvalue weighted by Gasteiger charge is -2.30. The number of imide groups is 1. The Bertz CT molecular complexity index is 1690. The molecule has 2 aliphatic rings. The molecular formula is C28H19Cl2N3O5S2. The number of aromatic nitrogens is 1. The van der Waals surface area contributed by atoms with Gasteiger partial charge in [0.15, 0.2) is 6.61 Å². The lowest BCUT2D eigenvalue weighted by molar-refractivity contribution is -0.122. The van der Waals surface area contributed by atoms with Crippen molar-refractivity contribution >= 4 is 75.4 Å². The molecule has 3 amide bonds. The number of hydrogen-bond donors (Lipinski definition) is 2. The predicted octanol–water partition coefficient (Wildman–Crippen LogP) is 5.56. The number of rotatable bonds is 6. The van der Waals surface area contributed by atoms with E-state index in [0.29, 0.717) is 42.6 Å². The van der Waals surface area contributed by atoms with E-state index in [1.165, 1.54) is 16.7 Å². The third-order valence-corrected chi connectivity index (χ3v) is 9.53. The van der Waals surface area contributed by atoms with Gasteiger partial charge in [-0.25, -0.2) is 4.90 Å². The van der Waals surface area contributed by atoms with Crippen LogP contribution in [0.5, 0.6) is 5.75 Å². The molecule has 3 atom stereocenters. The van der Waals surface area contributed by atoms with Gasteiger partial charge in [-0.2, -0.15) is 0 Å². The second-order valence-electron chi connectivity index (χ2n) is 9.15. The van der Waals surface area contributed by atoms with E-state index in [1.807, 2.05) is 6.07 Å². The van der Waals surface area contributed by atoms with Crippen molar-refractivity contribution in [1.29, 1.82) is 0 Å². The first-order valence-electron chi connectivity index (χ1n) is 12.1. The molecule has 3 aromatic carbocycles. The fourth-order valence-electron chi connectivity index (χ4n) is 4.90. The second kappa shape index (κ2) is 10.8. The quantitative estimate of drug-likeness (QED) is 0.276. The van der Waals surface area contributed by atoms with Gasteiger partial charge in [-0.1, -0.05) is 58.4 Å². The number of amides is 3. The molecule has 1 saturated heterocycles. The summed E-state index contributed by atoms with van der Waals surface area (Å²) < 4.78 is 5.77. The highest BCUT2D eigenvalue weighted by Gasteiger charge is 2.56. The van der Waals surface area contributed by atoms with Crippen LogP contribution in [-0.4, -0.2) is 34.6 Å². The molecule has 0 unspecified atom stereocenters. The van der Waals surface area contributed by atoms with Gasteiger partial charge in [-0.05, 0) is 66.2 Å². The number of thioether (sulfide) groups is 1. The molecule has 202 valence electrons. The van der Waals surface area contributed by atoms with Crippen LogP contribution in [0.2, 0.25) is 10.0 Å². The SMILES string of the molecule is O=C(COc1cccc([C@@H]2c3sc(=O)[nH]c3S[C@H]3C(=O)N(c4ccc(Cl)cc4)C(=O)[C@@H]23)c1)Nc1ccc(Cl)cc1. The number of anilines is 2. The molecule has 0 aliphatic carbocycles. The Morgan fingerprint density at radius 2 is 1.65 bits per heavy atom. The average molecular weight is 613 g/mol. The molecule has 3 heterocycles. The molecule has 8 nitrogen and oxygen atoms in total. The van der Waals surface area contributed by atoms with Crippen molar-refractivity contribution in [1.82, 2.24) is 4.98 Å². The van der Waals surface area contributed by atoms with E-state index in [4.69, 9.17) is 27.9 Å². The summed E-state index contributed by atoms with van der Waals surface area (Å²) in [5.41, 5.74) is 1.72. The van der Waals surface area contributed by atoms with Crippen molar-refractivity contribution in [2.45, 2.75) is 16.2 Å². The molecule has 0 bridgehead atoms. The van der Waals surface area contributed by atoms with Gasteiger partial charge >= 0.3 is 4.87 Å². The number of ether oxygens (including phenoxy) is 1. The maximum absolute atomic E-state index is 13.8. The van der Waals surface area contributed by atoms with Gasteiger partial charge in [-0.3, -0.25) is 19.2 Å². The van der Waals surface area contributed by atoms with E-state index >= 15 is 0 Å². The highest BCUT2D eigenvalue weighted by Crippen LogP contribution is 2.53. The van der Waals surface area contributed by atoms with E-state index in [1.54, 1.807) is 66.7 Å². The van der Waals surface area contributed by atoms with Crippen LogP contribution >= 0.6 is 46.3 Å². The van der Waals surface area contributed by atoms with Gasteiger partial charge < -0.3 is 15.0 Å². The van der Waals surface area contributed by atoms with Gasteiger partial charge in [0.1, 0.15) is 11.0 Å². The molecule has 4 aromatic rings. The number of nitrogens with zero attached hydrogens (tertiary/aromatic N) is 1. The molecule has 2 aliphatic heterocycles. The Labute approximate surface area is 246 Å². The van der Waals surface area contributed by atoms with Crippen LogP contribution < -0.4 is 19.8 Å². The molecule has 0 saturated carbocycles. The number of benzene rings is 3. The Balaban J connectivity index is 1.28. The van der Waals surface area contributed by atoms with Crippen LogP contribution in [0.3, 0.4) is 0 Å². The number of fused-ring (bicyclic) bond motifs is 2. The topological polar surface area (TPSA) is 109 Å². The summed E-state index contributed by atoms with van der Waals surface area (Å²) in [5, 5.41) is 3.65. The molecule has 1 aromatic heterocycles. The summed E-state index contributed by atoms with van der Waals surface area (Å²) in [6.07, 6.45) is 0. The molecule has 0 spiro atoms. The normalized spacial score (nSPS) is 19.8. The molecule has 12 heteroatoms. The van der Waals surface area contributed by atoms with Gasteiger partial charge in [0, 0.05) is 26.5 Å². The maximum Gasteiger partial charge on any atom is 0.305 e. The maximum atomic E-state index is 13.8. The lowest BCUT2D eigenvalue weighted by Crippen LogP contribution is -2.32. The smallest absolute Gasteiger partial charge is 0.305 e. The van der Waals surface area contributed by atoms with Crippen LogP contribution in [0.1, 0.15) is 16.4 Å². The van der Waals surface area contributed by atoms with E-state index in [9.17, 15) is 19.2 Å². The summed E-state index contributed by atoms with van der Waals surface area (Å²) in [5.74, 6) is -1.95. The van der Waals surface area contributed by atoms with Gasteiger partial charge in [0.05, 0.1) is 16.6 Å². The zero-order chi connectivity index (χ0) is 28.0. The van der Waals surface area contributed by atoms with Crippen LogP contribution in [0.25, 0.3) is 0 Å². The molecule has 0 radical (unpaired) electrons. The molecular weight excluding hydrogens is 593 g/mol. The van der Waals surface area contributed by atoms with Crippen molar-refractivity contribution in [3.05, 3.63) is 103 Å². The Kier molecular flexibility index (Phi) is 7.18. The fourth-order valence-corrected chi connectivity index (χ4v) is 7.66. The highest BCUT2D eigenvalue weighted by atomic mass is 35.5. The number of carbonyl (C=O) groups is 3. The average Bonchev–Trinajstić information content (AvgIpc) is 3.43. The first kappa shape index (κ1) is 26.6. The van der Waals surface area contributed by atoms with Crippen LogP contribution in [0.4, 0.5) is 11.4 Å². The molecule has 6 rings (SSSR count). The standard InChI is InChI=1S/C28H19Cl2N3O5S2/c29-15-4-8-17(9-5-15)31-20(34)13-38-19-3-1-2-14(12-19)21-22-24(39-25-23(21)40-28(37)32-25)27(36)33(26(22)35)18-10-6-16(30)7-11-18/h1-12,21-22,24H,13H2,(H,31,34)(H,32,37)/t21-,22-,24+/m0/s1. The van der Waals surface area contributed by atoms with E-state index < -0.39 is 17.1 Å². The number of H-pyrrole nitrogens is 1. The van der Waals surface area contributed by atoms with Crippen LogP contribution in [-0.2, 0) is 14.4 Å². The minimum atomic E-state index is -0.740. The van der Waals surface area contributed by atoms with Crippen molar-refractivity contribution < 1.29 is 19.1 Å². The Hall–Kier alpha value is -3.57. The first-order chi connectivity index (χ1) is 19.3. The number of halogens is 2. The summed E-state index contributed by atoms with van der Waals surface area (Å²) in [6.45, 7) is -0.247. The Morgan fingerprint density at radius 1 is 0.950 bits per heavy atom. The van der Waals surface area contributed by atoms with Gasteiger partial charge in [-0.15, -0.1) is 0 Å². The predicted molar refractivity (Wildman–Crippen MR) is 156 cm³/mol. The van der Waals surface area contributed by atoms with E-state index in [-0.39, 0.29) is 29.2 Å². The third kappa shape index (κ3) is 5.03. The fraction of sp³-hybridized carbons (Fsp3) is 0.143. The lowest BCUT2D eigenvalue weighted by atomic mass is 9.83. The summed E-state index contributed by atoms with van der Waals surface area (Å²) in [4.78, 5) is 56.6. The first-order valence-corrected chi connectivity index (χ1v) is 14.5. The Morgan fingerprint density at radius 3 is 2.38 bits per heavy atom. The monoisotopic (exact) mass is 611 g/mol. The van der Waals surface area contributed by atoms with Crippen molar-refractivity contribution in [2.75, 3.05) is 16.8 Å². The summed E-state index contributed by atoms with van der Waals surface area (Å²) in [7, 11) is 0. The number of thiazole rings is 1. The summed E-state index contributed by atoms with van der Waals surface area (Å²) >= 11 is 14.1. The van der Waals surface area contributed by atoms with E-state index in [0.717, 1.165) is 11.3 Å². The number of hydrogen-bond acceptors (Lipinski definition) is 7. The van der Waals surface area contributed by atoms with Crippen molar-refractivity contribution in [3.8, 4) is 5.75 Å². The number of nitrogens with one attached hydrogen (secondary N) is 2. The number of aromatic amines is 1. The molecule has 2 N–H and O–H groups in total. The minimum Gasteiger partial charge on any atom is -0.484 e. The molecule has 40 heavy (non-hydrogen) atoms. The van der Waals surface area contributed by atoms with Crippen molar-refractivity contribution in [2.24, 2.45) is 5.92 Å². The zero-order valence-electron chi connectivity index (χ0n) is 20.4. The van der Waals surface area contributed by atoms with Gasteiger partial charge in [0.2, 0.25) is 11.8 Å². The van der Waals surface area contributed by atoms with E-state index in [2.05, 4.69) is 10.3 Å². The number of carbonyl (C=O) groups excluding carboxylic acids is 3. The zero-order valence-corrected chi connectivity index (χ0v) is 23.6. The minimum absolute atomic E-state index is 0.247. The van der Waals surface area contributed by atoms with Crippen LogP contribution in [0.15, 0.2) is 82.6 Å². The highest BCUT2D eigenvalue weighted by molar-refractivity contribution is 8.00. The van der Waals surface area contributed by atoms with Crippen molar-refractivity contribution in [3.63, 3.8) is 0 Å². The molecule has 1 fully saturated rings. The third-order valence-electron chi connectivity index (χ3n) is 6.62. The van der Waals surface area contributed by atoms with Gasteiger partial charge in [0.25, 0.3) is 5.91 Å².